The van der Waals surface area contributed by atoms with Gasteiger partial charge in [-0.25, -0.2) is 7.23 Å². The summed E-state index contributed by atoms with van der Waals surface area (Å²) in [5, 5.41) is 0. The van der Waals surface area contributed by atoms with Crippen LogP contribution in [0.1, 0.15) is 0 Å². The van der Waals surface area contributed by atoms with Crippen molar-refractivity contribution in [2.45, 2.75) is 0 Å². The highest BCUT2D eigenvalue weighted by Crippen LogP contribution is 2.33. The topological polar surface area (TPSA) is 44.5 Å². The van der Waals surface area contributed by atoms with E-state index >= 15 is 0 Å². The molecule has 38 valence electrons. The average molecular weight is 239 g/mol. The Morgan fingerprint density at radius 3 is 1.67 bits per heavy atom. The Morgan fingerprint density at radius 1 is 1.33 bits per heavy atom. The zero-order valence-corrected chi connectivity index (χ0v) is 6.66. The van der Waals surface area contributed by atoms with Crippen LogP contribution in [0.25, 0.3) is 0 Å². The number of nitrogens with two attached hydrogens (primary N) is 1. The first-order valence-corrected chi connectivity index (χ1v) is 3.47. The molecule has 0 aromatic rings. The minimum atomic E-state index is -1.24. The van der Waals surface area contributed by atoms with Gasteiger partial charge in [0.15, 0.2) is 0 Å². The third kappa shape index (κ3) is 3.46. The van der Waals surface area contributed by atoms with Crippen LogP contribution in [0.4, 0.5) is 0 Å². The molecule has 0 aliphatic rings. The van der Waals surface area contributed by atoms with Gasteiger partial charge < -0.3 is 0 Å². The maximum Gasteiger partial charge on any atom is 0.276 e. The predicted octanol–water partition coefficient (Wildman–Crippen LogP) is 1.82. The molecule has 0 unspecified atom stereocenters. The zero-order valence-electron chi connectivity index (χ0n) is 2.60. The molecule has 0 heterocycles. The highest BCUT2D eigenvalue weighted by Gasteiger charge is 1.95. The van der Waals surface area contributed by atoms with Crippen LogP contribution in [0.15, 0.2) is 0 Å². The summed E-state index contributed by atoms with van der Waals surface area (Å²) in [5.41, 5.74) is 5.00. The van der Waals surface area contributed by atoms with Crippen LogP contribution in [0.2, 0.25) is 0 Å². The van der Waals surface area contributed by atoms with Gasteiger partial charge >= 0.3 is 0 Å². The minimum Gasteiger partial charge on any atom is -0.263 e. The molecule has 0 atom stereocenters. The molecule has 6 heavy (non-hydrogen) atoms. The van der Waals surface area contributed by atoms with Gasteiger partial charge in [0, 0.05) is 0 Å². The van der Waals surface area contributed by atoms with Crippen LogP contribution in [0, 0.1) is 0 Å². The van der Waals surface area contributed by atoms with E-state index in [1.54, 1.807) is 0 Å². The minimum absolute atomic E-state index is 1.24. The van der Waals surface area contributed by atoms with Gasteiger partial charge in [-0.05, 0) is 0 Å². The first-order valence-electron chi connectivity index (χ1n) is 0.932. The van der Waals surface area contributed by atoms with Gasteiger partial charge in [0.25, 0.3) is 8.53 Å². The van der Waals surface area contributed by atoms with Crippen molar-refractivity contribution in [3.8, 4) is 0 Å². The van der Waals surface area contributed by atoms with Gasteiger partial charge in [-0.15, -0.1) is 0 Å². The van der Waals surface area contributed by atoms with E-state index in [0.29, 0.717) is 0 Å². The molecule has 0 aromatic carbocycles. The van der Waals surface area contributed by atoms with Crippen LogP contribution in [-0.4, -0.2) is 0 Å². The van der Waals surface area contributed by atoms with Crippen molar-refractivity contribution in [1.29, 1.82) is 0 Å². The Labute approximate surface area is 54.1 Å². The Morgan fingerprint density at radius 2 is 1.67 bits per heavy atom. The molecule has 0 saturated heterocycles. The maximum absolute atomic E-state index is 5.00. The zero-order chi connectivity index (χ0) is 4.99. The molecule has 0 amide bonds. The molecule has 0 aliphatic heterocycles. The van der Waals surface area contributed by atoms with Gasteiger partial charge in [-0.3, -0.25) is 5.50 Å². The highest BCUT2D eigenvalue weighted by molar-refractivity contribution is 9.07. The molecule has 0 spiro atoms. The monoisotopic (exact) mass is 237 g/mol. The third-order valence-electron chi connectivity index (χ3n) is 0.136. The summed E-state index contributed by atoms with van der Waals surface area (Å²) in [4.78, 5) is 0. The average Bonchev–Trinajstić information content (AvgIpc) is 1.65. The molecular formula is H2Br2NO2P. The lowest BCUT2D eigenvalue weighted by atomic mass is 13.9. The lowest BCUT2D eigenvalue weighted by Crippen LogP contribution is -1.82. The van der Waals surface area contributed by atoms with Crippen LogP contribution in [-0.2, 0) is 7.23 Å². The van der Waals surface area contributed by atoms with Crippen molar-refractivity contribution >= 4 is 41.0 Å². The number of halogens is 2. The van der Waals surface area contributed by atoms with Crippen molar-refractivity contribution in [2.75, 3.05) is 0 Å². The quantitative estimate of drug-likeness (QED) is 0.747. The van der Waals surface area contributed by atoms with Gasteiger partial charge in [0.1, 0.15) is 32.5 Å². The fourth-order valence-corrected chi connectivity index (χ4v) is 0.862. The van der Waals surface area contributed by atoms with Gasteiger partial charge in [-0.1, -0.05) is 0 Å². The summed E-state index contributed by atoms with van der Waals surface area (Å²) in [6.45, 7) is 0. The molecule has 0 rings (SSSR count). The molecule has 6 heteroatoms. The molecule has 3 nitrogen and oxygen atoms in total. The van der Waals surface area contributed by atoms with E-state index in [1.807, 2.05) is 0 Å². The maximum atomic E-state index is 5.00. The summed E-state index contributed by atoms with van der Waals surface area (Å²) >= 11 is 5.25. The Kier molecular flexibility index (Phi) is 5.37. The largest absolute Gasteiger partial charge is 0.276 e. The Hall–Kier alpha value is 1.27. The van der Waals surface area contributed by atoms with Crippen molar-refractivity contribution in [3.05, 3.63) is 0 Å². The predicted molar refractivity (Wildman–Crippen MR) is 31.1 cm³/mol. The molecular weight excluding hydrogens is 237 g/mol. The number of hydrogen-bond acceptors (Lipinski definition) is 3. The van der Waals surface area contributed by atoms with Crippen molar-refractivity contribution < 1.29 is 7.23 Å². The number of hydrogen-bond donors (Lipinski definition) is 1. The van der Waals surface area contributed by atoms with E-state index in [2.05, 4.69) is 39.7 Å². The summed E-state index contributed by atoms with van der Waals surface area (Å²) in [7, 11) is -1.24. The van der Waals surface area contributed by atoms with Gasteiger partial charge in [0.05, 0.1) is 0 Å². The SMILES string of the molecule is NP(OBr)OBr. The van der Waals surface area contributed by atoms with E-state index < -0.39 is 8.53 Å². The van der Waals surface area contributed by atoms with Crippen LogP contribution >= 0.6 is 41.0 Å². The van der Waals surface area contributed by atoms with E-state index in [1.165, 1.54) is 0 Å². The Balaban J connectivity index is 2.75. The molecule has 0 aromatic heterocycles. The number of rotatable bonds is 2. The molecule has 2 N–H and O–H groups in total. The fourth-order valence-electron chi connectivity index (χ4n) is 0.0106. The molecule has 0 radical (unpaired) electrons. The third-order valence-corrected chi connectivity index (χ3v) is 2.12. The van der Waals surface area contributed by atoms with E-state index in [9.17, 15) is 0 Å². The fraction of sp³-hybridized carbons (Fsp3) is 0. The lowest BCUT2D eigenvalue weighted by molar-refractivity contribution is 0.615. The lowest BCUT2D eigenvalue weighted by Gasteiger charge is -1.95. The summed E-state index contributed by atoms with van der Waals surface area (Å²) in [5.74, 6) is 0. The second-order valence-corrected chi connectivity index (χ2v) is 3.01. The first-order chi connectivity index (χ1) is 2.81. The summed E-state index contributed by atoms with van der Waals surface area (Å²) < 4.78 is 8.57. The van der Waals surface area contributed by atoms with Crippen molar-refractivity contribution in [3.63, 3.8) is 0 Å². The van der Waals surface area contributed by atoms with Crippen LogP contribution in [0.3, 0.4) is 0 Å². The first kappa shape index (κ1) is 7.27. The Bertz CT molecular complexity index is 30.7. The second-order valence-electron chi connectivity index (χ2n) is 0.423. The van der Waals surface area contributed by atoms with Gasteiger partial charge in [-0.2, -0.15) is 0 Å². The summed E-state index contributed by atoms with van der Waals surface area (Å²) in [6.07, 6.45) is 0. The van der Waals surface area contributed by atoms with Gasteiger partial charge in [0.2, 0.25) is 0 Å². The molecule has 0 saturated carbocycles. The smallest absolute Gasteiger partial charge is 0.263 e. The van der Waals surface area contributed by atoms with Crippen molar-refractivity contribution in [2.24, 2.45) is 5.50 Å². The molecule has 0 bridgehead atoms. The van der Waals surface area contributed by atoms with Crippen LogP contribution in [0.5, 0.6) is 0 Å². The second kappa shape index (κ2) is 4.43. The van der Waals surface area contributed by atoms with E-state index in [-0.39, 0.29) is 0 Å². The van der Waals surface area contributed by atoms with E-state index in [0.717, 1.165) is 0 Å². The molecule has 0 aliphatic carbocycles. The summed E-state index contributed by atoms with van der Waals surface area (Å²) in [6, 6.07) is 0. The van der Waals surface area contributed by atoms with E-state index in [4.69, 9.17) is 5.50 Å². The van der Waals surface area contributed by atoms with Crippen molar-refractivity contribution in [1.82, 2.24) is 0 Å². The standard InChI is InChI=1S/Br2H2NO2P/c1-4-6(3)5-2/h3H2. The van der Waals surface area contributed by atoms with Crippen LogP contribution < -0.4 is 5.50 Å². The highest BCUT2D eigenvalue weighted by atomic mass is 79.9. The normalized spacial score (nSPS) is 10.0. The molecule has 0 fully saturated rings.